The molecular weight excluding hydrogens is 262 g/mol. The van der Waals surface area contributed by atoms with Gasteiger partial charge in [-0.1, -0.05) is 48.6 Å². The largest absolute Gasteiger partial charge is 0.335 e. The van der Waals surface area contributed by atoms with Gasteiger partial charge in [0.15, 0.2) is 0 Å². The first-order valence-corrected chi connectivity index (χ1v) is 10.6. The predicted molar refractivity (Wildman–Crippen MR) is 88.0 cm³/mol. The number of amides is 1. The van der Waals surface area contributed by atoms with E-state index in [0.29, 0.717) is 11.6 Å². The van der Waals surface area contributed by atoms with Gasteiger partial charge in [-0.15, -0.1) is 0 Å². The molecule has 1 aliphatic heterocycles. The van der Waals surface area contributed by atoms with Crippen LogP contribution in [-0.4, -0.2) is 30.5 Å². The lowest BCUT2D eigenvalue weighted by molar-refractivity contribution is -0.133. The molecule has 1 saturated heterocycles. The molecule has 1 aromatic rings. The maximum atomic E-state index is 12.0. The third-order valence-corrected chi connectivity index (χ3v) is 9.51. The number of hydrogen-bond donors (Lipinski definition) is 0. The molecule has 0 bridgehead atoms. The van der Waals surface area contributed by atoms with E-state index in [1.54, 1.807) is 6.92 Å². The van der Waals surface area contributed by atoms with E-state index in [1.165, 1.54) is 5.19 Å². The van der Waals surface area contributed by atoms with Gasteiger partial charge in [0.05, 0.1) is 8.07 Å². The van der Waals surface area contributed by atoms with Crippen LogP contribution in [0.15, 0.2) is 30.3 Å². The molecule has 2 rings (SSSR count). The molecule has 0 aromatic heterocycles. The van der Waals surface area contributed by atoms with Crippen LogP contribution in [0.2, 0.25) is 18.6 Å². The number of benzene rings is 1. The Bertz CT molecular complexity index is 495. The fraction of sp³-hybridized carbons (Fsp3) is 0.588. The van der Waals surface area contributed by atoms with E-state index >= 15 is 0 Å². The summed E-state index contributed by atoms with van der Waals surface area (Å²) in [6.07, 6.45) is 1.11. The van der Waals surface area contributed by atoms with Crippen molar-refractivity contribution in [2.24, 2.45) is 0 Å². The quantitative estimate of drug-likeness (QED) is 0.764. The zero-order valence-corrected chi connectivity index (χ0v) is 14.6. The second-order valence-corrected chi connectivity index (χ2v) is 12.1. The fourth-order valence-electron chi connectivity index (χ4n) is 4.19. The van der Waals surface area contributed by atoms with Gasteiger partial charge >= 0.3 is 0 Å². The van der Waals surface area contributed by atoms with Gasteiger partial charge < -0.3 is 4.90 Å². The summed E-state index contributed by atoms with van der Waals surface area (Å²) < 4.78 is 0. The minimum Gasteiger partial charge on any atom is -0.335 e. The Hall–Kier alpha value is -1.09. The van der Waals surface area contributed by atoms with E-state index in [1.807, 2.05) is 0 Å². The Kier molecular flexibility index (Phi) is 3.85. The SMILES string of the molecule is CC(=O)N1[C@H](C)[C@@H]([Si](C)(C)c2ccccc2)CC1(C)C. The van der Waals surface area contributed by atoms with E-state index < -0.39 is 8.07 Å². The van der Waals surface area contributed by atoms with Gasteiger partial charge in [0.2, 0.25) is 5.91 Å². The average molecular weight is 289 g/mol. The molecule has 0 aliphatic carbocycles. The molecule has 110 valence electrons. The molecule has 3 heteroatoms. The van der Waals surface area contributed by atoms with Gasteiger partial charge in [-0.05, 0) is 32.7 Å². The third-order valence-electron chi connectivity index (χ3n) is 5.15. The Morgan fingerprint density at radius 3 is 2.25 bits per heavy atom. The summed E-state index contributed by atoms with van der Waals surface area (Å²) in [6.45, 7) is 13.3. The first-order chi connectivity index (χ1) is 9.18. The van der Waals surface area contributed by atoms with Gasteiger partial charge in [-0.2, -0.15) is 0 Å². The summed E-state index contributed by atoms with van der Waals surface area (Å²) in [6, 6.07) is 11.2. The Labute approximate surface area is 124 Å². The number of nitrogens with zero attached hydrogens (tertiary/aromatic N) is 1. The lowest BCUT2D eigenvalue weighted by Crippen LogP contribution is -2.50. The minimum atomic E-state index is -1.58. The number of hydrogen-bond acceptors (Lipinski definition) is 1. The Morgan fingerprint density at radius 1 is 1.25 bits per heavy atom. The minimum absolute atomic E-state index is 0.0189. The monoisotopic (exact) mass is 289 g/mol. The zero-order valence-electron chi connectivity index (χ0n) is 13.6. The summed E-state index contributed by atoms with van der Waals surface area (Å²) in [5.74, 6) is 0.211. The lowest BCUT2D eigenvalue weighted by Gasteiger charge is -2.36. The van der Waals surface area contributed by atoms with E-state index in [2.05, 4.69) is 69.1 Å². The zero-order chi connectivity index (χ0) is 15.1. The number of carbonyl (C=O) groups is 1. The van der Waals surface area contributed by atoms with Crippen molar-refractivity contribution < 1.29 is 4.79 Å². The molecule has 20 heavy (non-hydrogen) atoms. The fourth-order valence-corrected chi connectivity index (χ4v) is 8.04. The normalized spacial score (nSPS) is 25.8. The Morgan fingerprint density at radius 2 is 1.80 bits per heavy atom. The van der Waals surface area contributed by atoms with Crippen LogP contribution in [0.5, 0.6) is 0 Å². The first kappa shape index (κ1) is 15.3. The second-order valence-electron chi connectivity index (χ2n) is 7.34. The van der Waals surface area contributed by atoms with E-state index in [4.69, 9.17) is 0 Å². The summed E-state index contributed by atoms with van der Waals surface area (Å²) in [4.78, 5) is 14.1. The Balaban J connectivity index is 2.37. The van der Waals surface area contributed by atoms with E-state index in [0.717, 1.165) is 6.42 Å². The van der Waals surface area contributed by atoms with Crippen LogP contribution in [-0.2, 0) is 4.79 Å². The maximum Gasteiger partial charge on any atom is 0.220 e. The topological polar surface area (TPSA) is 20.3 Å². The lowest BCUT2D eigenvalue weighted by atomic mass is 10.0. The van der Waals surface area contributed by atoms with Gasteiger partial charge in [-0.3, -0.25) is 4.79 Å². The van der Waals surface area contributed by atoms with Crippen LogP contribution in [0, 0.1) is 0 Å². The molecule has 0 saturated carbocycles. The molecule has 0 N–H and O–H groups in total. The van der Waals surface area contributed by atoms with Crippen LogP contribution in [0.4, 0.5) is 0 Å². The van der Waals surface area contributed by atoms with Crippen molar-refractivity contribution in [1.82, 2.24) is 4.90 Å². The van der Waals surface area contributed by atoms with Crippen molar-refractivity contribution in [2.75, 3.05) is 0 Å². The van der Waals surface area contributed by atoms with Crippen LogP contribution < -0.4 is 5.19 Å². The number of carbonyl (C=O) groups excluding carboxylic acids is 1. The summed E-state index contributed by atoms with van der Waals surface area (Å²) >= 11 is 0. The molecule has 0 radical (unpaired) electrons. The van der Waals surface area contributed by atoms with Crippen molar-refractivity contribution in [3.8, 4) is 0 Å². The maximum absolute atomic E-state index is 12.0. The molecule has 1 aliphatic rings. The molecule has 2 atom stereocenters. The van der Waals surface area contributed by atoms with Crippen molar-refractivity contribution in [3.63, 3.8) is 0 Å². The highest BCUT2D eigenvalue weighted by molar-refractivity contribution is 6.91. The van der Waals surface area contributed by atoms with Crippen LogP contribution in [0.3, 0.4) is 0 Å². The van der Waals surface area contributed by atoms with Crippen LogP contribution in [0.1, 0.15) is 34.1 Å². The van der Waals surface area contributed by atoms with Gasteiger partial charge in [0.1, 0.15) is 0 Å². The number of likely N-dealkylation sites (tertiary alicyclic amines) is 1. The van der Waals surface area contributed by atoms with Crippen molar-refractivity contribution in [1.29, 1.82) is 0 Å². The van der Waals surface area contributed by atoms with Crippen molar-refractivity contribution in [2.45, 2.75) is 64.3 Å². The second kappa shape index (κ2) is 5.03. The molecule has 1 amide bonds. The van der Waals surface area contributed by atoms with E-state index in [-0.39, 0.29) is 11.4 Å². The average Bonchev–Trinajstić information content (AvgIpc) is 2.61. The van der Waals surface area contributed by atoms with Crippen LogP contribution >= 0.6 is 0 Å². The highest BCUT2D eigenvalue weighted by atomic mass is 28.3. The van der Waals surface area contributed by atoms with E-state index in [9.17, 15) is 4.79 Å². The molecule has 1 heterocycles. The summed E-state index contributed by atoms with van der Waals surface area (Å²) in [5, 5.41) is 1.50. The molecular formula is C17H27NOSi. The summed E-state index contributed by atoms with van der Waals surface area (Å²) in [7, 11) is -1.58. The summed E-state index contributed by atoms with van der Waals surface area (Å²) in [5.41, 5.74) is 0.596. The standard InChI is InChI=1S/C17H27NOSi/c1-13-16(12-17(3,4)18(13)14(2)19)20(5,6)15-10-8-7-9-11-15/h7-11,13,16H,12H2,1-6H3/t13-,16+/m1/s1. The highest BCUT2D eigenvalue weighted by Gasteiger charge is 2.51. The smallest absolute Gasteiger partial charge is 0.220 e. The van der Waals surface area contributed by atoms with Crippen molar-refractivity contribution in [3.05, 3.63) is 30.3 Å². The van der Waals surface area contributed by atoms with Crippen LogP contribution in [0.25, 0.3) is 0 Å². The first-order valence-electron chi connectivity index (χ1n) is 7.53. The molecule has 1 fully saturated rings. The van der Waals surface area contributed by atoms with Gasteiger partial charge in [0.25, 0.3) is 0 Å². The third kappa shape index (κ3) is 2.44. The molecule has 0 unspecified atom stereocenters. The molecule has 0 spiro atoms. The highest BCUT2D eigenvalue weighted by Crippen LogP contribution is 2.46. The number of rotatable bonds is 2. The van der Waals surface area contributed by atoms with Gasteiger partial charge in [-0.25, -0.2) is 0 Å². The predicted octanol–water partition coefficient (Wildman–Crippen LogP) is 3.39. The molecule has 2 nitrogen and oxygen atoms in total. The van der Waals surface area contributed by atoms with Gasteiger partial charge in [0, 0.05) is 18.5 Å². The van der Waals surface area contributed by atoms with Crippen molar-refractivity contribution >= 4 is 19.2 Å². The molecule has 1 aromatic carbocycles.